The highest BCUT2D eigenvalue weighted by molar-refractivity contribution is 6.46. The number of likely N-dealkylation sites (tertiary alicyclic amines) is 1. The van der Waals surface area contributed by atoms with E-state index in [-0.39, 0.29) is 11.3 Å². The van der Waals surface area contributed by atoms with Gasteiger partial charge in [-0.1, -0.05) is 43.3 Å². The number of benzene rings is 3. The minimum absolute atomic E-state index is 0.0769. The number of Topliss-reactive ketones (excluding diaryl/α,β-unsaturated/α-hetero) is 1. The van der Waals surface area contributed by atoms with E-state index in [2.05, 4.69) is 11.9 Å². The molecule has 1 aromatic heterocycles. The van der Waals surface area contributed by atoms with Crippen molar-refractivity contribution >= 4 is 28.4 Å². The number of hydrogen-bond donors (Lipinski definition) is 2. The van der Waals surface area contributed by atoms with Crippen LogP contribution in [0.3, 0.4) is 0 Å². The van der Waals surface area contributed by atoms with Crippen molar-refractivity contribution in [2.45, 2.75) is 25.8 Å². The van der Waals surface area contributed by atoms with Crippen LogP contribution in [0.4, 0.5) is 0 Å². The highest BCUT2D eigenvalue weighted by Gasteiger charge is 2.45. The van der Waals surface area contributed by atoms with E-state index in [4.69, 9.17) is 9.47 Å². The molecule has 0 bridgehead atoms. The number of methoxy groups -OCH3 is 2. The summed E-state index contributed by atoms with van der Waals surface area (Å²) in [5, 5.41) is 12.3. The standard InChI is InChI=1S/C31H30N2O5/c1-4-19-8-10-20(11-9-19)28-27(29(34)21-6-5-7-23(16-21)37-2)30(35)31(36)33(28)15-14-22-18-32-26-13-12-24(38-3)17-25(22)26/h5-13,16-18,28,32,34H,4,14-15H2,1-3H3/b29-27-. The molecule has 2 heterocycles. The minimum Gasteiger partial charge on any atom is -0.507 e. The first-order valence-electron chi connectivity index (χ1n) is 12.6. The zero-order chi connectivity index (χ0) is 26.8. The molecule has 1 fully saturated rings. The largest absolute Gasteiger partial charge is 0.507 e. The number of carbonyl (C=O) groups is 2. The number of fused-ring (bicyclic) bond motifs is 1. The molecule has 1 aliphatic rings. The van der Waals surface area contributed by atoms with E-state index >= 15 is 0 Å². The normalized spacial score (nSPS) is 16.8. The minimum atomic E-state index is -0.716. The van der Waals surface area contributed by atoms with Crippen molar-refractivity contribution in [3.8, 4) is 11.5 Å². The fourth-order valence-electron chi connectivity index (χ4n) is 5.05. The Kier molecular flexibility index (Phi) is 6.92. The van der Waals surface area contributed by atoms with Crippen LogP contribution in [0, 0.1) is 0 Å². The van der Waals surface area contributed by atoms with Crippen LogP contribution in [0.25, 0.3) is 16.7 Å². The number of aliphatic hydroxyl groups is 1. The molecule has 1 atom stereocenters. The van der Waals surface area contributed by atoms with Gasteiger partial charge in [0, 0.05) is 29.2 Å². The van der Waals surface area contributed by atoms with Crippen LogP contribution in [0.2, 0.25) is 0 Å². The molecule has 38 heavy (non-hydrogen) atoms. The van der Waals surface area contributed by atoms with Gasteiger partial charge >= 0.3 is 0 Å². The van der Waals surface area contributed by atoms with Gasteiger partial charge < -0.3 is 24.5 Å². The van der Waals surface area contributed by atoms with Crippen molar-refractivity contribution in [2.75, 3.05) is 20.8 Å². The zero-order valence-electron chi connectivity index (χ0n) is 21.7. The molecule has 3 aromatic carbocycles. The Labute approximate surface area is 221 Å². The maximum atomic E-state index is 13.4. The Balaban J connectivity index is 1.56. The molecule has 0 saturated carbocycles. The lowest BCUT2D eigenvalue weighted by atomic mass is 9.94. The lowest BCUT2D eigenvalue weighted by Crippen LogP contribution is -2.31. The molecule has 0 radical (unpaired) electrons. The Morgan fingerprint density at radius 2 is 1.71 bits per heavy atom. The number of aryl methyl sites for hydroxylation is 1. The monoisotopic (exact) mass is 510 g/mol. The molecule has 1 saturated heterocycles. The number of rotatable bonds is 8. The van der Waals surface area contributed by atoms with Gasteiger partial charge in [0.2, 0.25) is 0 Å². The fourth-order valence-corrected chi connectivity index (χ4v) is 5.05. The first-order chi connectivity index (χ1) is 18.4. The molecule has 4 aromatic rings. The van der Waals surface area contributed by atoms with Gasteiger partial charge in [-0.2, -0.15) is 0 Å². The number of nitrogens with zero attached hydrogens (tertiary/aromatic N) is 1. The maximum absolute atomic E-state index is 13.4. The van der Waals surface area contributed by atoms with Crippen LogP contribution < -0.4 is 9.47 Å². The van der Waals surface area contributed by atoms with E-state index in [0.29, 0.717) is 24.3 Å². The van der Waals surface area contributed by atoms with Crippen LogP contribution in [-0.2, 0) is 22.4 Å². The summed E-state index contributed by atoms with van der Waals surface area (Å²) in [4.78, 5) is 31.6. The van der Waals surface area contributed by atoms with E-state index in [1.54, 1.807) is 36.3 Å². The summed E-state index contributed by atoms with van der Waals surface area (Å²) in [6, 6.07) is 19.8. The number of amides is 1. The number of ketones is 1. The fraction of sp³-hybridized carbons (Fsp3) is 0.226. The van der Waals surface area contributed by atoms with Crippen molar-refractivity contribution in [3.05, 3.63) is 101 Å². The number of carbonyl (C=O) groups excluding carboxylic acids is 2. The molecule has 7 heteroatoms. The number of nitrogens with one attached hydrogen (secondary N) is 1. The van der Waals surface area contributed by atoms with Gasteiger partial charge in [0.05, 0.1) is 25.8 Å². The third-order valence-electron chi connectivity index (χ3n) is 7.18. The average molecular weight is 511 g/mol. The third kappa shape index (κ3) is 4.52. The summed E-state index contributed by atoms with van der Waals surface area (Å²) in [7, 11) is 3.16. The Morgan fingerprint density at radius 1 is 0.974 bits per heavy atom. The zero-order valence-corrected chi connectivity index (χ0v) is 21.7. The van der Waals surface area contributed by atoms with Crippen LogP contribution in [-0.4, -0.2) is 47.4 Å². The van der Waals surface area contributed by atoms with Crippen molar-refractivity contribution in [2.24, 2.45) is 0 Å². The van der Waals surface area contributed by atoms with Crippen molar-refractivity contribution in [1.29, 1.82) is 0 Å². The summed E-state index contributed by atoms with van der Waals surface area (Å²) in [5.41, 5.74) is 4.38. The van der Waals surface area contributed by atoms with Crippen LogP contribution >= 0.6 is 0 Å². The highest BCUT2D eigenvalue weighted by Crippen LogP contribution is 2.40. The molecule has 1 unspecified atom stereocenters. The highest BCUT2D eigenvalue weighted by atomic mass is 16.5. The van der Waals surface area contributed by atoms with E-state index in [0.717, 1.165) is 39.8 Å². The maximum Gasteiger partial charge on any atom is 0.295 e. The molecule has 1 aliphatic heterocycles. The van der Waals surface area contributed by atoms with Gasteiger partial charge in [-0.3, -0.25) is 9.59 Å². The van der Waals surface area contributed by atoms with Crippen molar-refractivity contribution in [3.63, 3.8) is 0 Å². The molecule has 0 spiro atoms. The SMILES string of the molecule is CCc1ccc(C2/C(=C(/O)c3cccc(OC)c3)C(=O)C(=O)N2CCc2c[nH]c3ccc(OC)cc23)cc1. The molecule has 5 rings (SSSR count). The quantitative estimate of drug-likeness (QED) is 0.188. The van der Waals surface area contributed by atoms with E-state index in [1.807, 2.05) is 48.7 Å². The molecule has 7 nitrogen and oxygen atoms in total. The summed E-state index contributed by atoms with van der Waals surface area (Å²) in [6.45, 7) is 2.36. The topological polar surface area (TPSA) is 91.9 Å². The number of ether oxygens (including phenoxy) is 2. The molecule has 2 N–H and O–H groups in total. The predicted octanol–water partition coefficient (Wildman–Crippen LogP) is 5.41. The number of aliphatic hydroxyl groups excluding tert-OH is 1. The summed E-state index contributed by atoms with van der Waals surface area (Å²) in [5.74, 6) is -0.256. The van der Waals surface area contributed by atoms with Gasteiger partial charge in [0.1, 0.15) is 17.3 Å². The van der Waals surface area contributed by atoms with Crippen LogP contribution in [0.1, 0.15) is 35.2 Å². The smallest absolute Gasteiger partial charge is 0.295 e. The van der Waals surface area contributed by atoms with E-state index < -0.39 is 17.7 Å². The lowest BCUT2D eigenvalue weighted by Gasteiger charge is -2.25. The molecule has 1 amide bonds. The first kappa shape index (κ1) is 25.1. The van der Waals surface area contributed by atoms with Gasteiger partial charge in [-0.15, -0.1) is 0 Å². The molecular weight excluding hydrogens is 480 g/mol. The van der Waals surface area contributed by atoms with Crippen molar-refractivity contribution in [1.82, 2.24) is 9.88 Å². The third-order valence-corrected chi connectivity index (χ3v) is 7.18. The second-order valence-electron chi connectivity index (χ2n) is 9.30. The molecule has 0 aliphatic carbocycles. The van der Waals surface area contributed by atoms with Crippen LogP contribution in [0.5, 0.6) is 11.5 Å². The molecule has 194 valence electrons. The number of aromatic nitrogens is 1. The van der Waals surface area contributed by atoms with Gasteiger partial charge in [-0.05, 0) is 59.9 Å². The lowest BCUT2D eigenvalue weighted by molar-refractivity contribution is -0.139. The number of hydrogen-bond acceptors (Lipinski definition) is 5. The van der Waals surface area contributed by atoms with Crippen molar-refractivity contribution < 1.29 is 24.2 Å². The van der Waals surface area contributed by atoms with Gasteiger partial charge in [0.25, 0.3) is 11.7 Å². The van der Waals surface area contributed by atoms with E-state index in [1.165, 1.54) is 7.11 Å². The van der Waals surface area contributed by atoms with Gasteiger partial charge in [0.15, 0.2) is 0 Å². The predicted molar refractivity (Wildman–Crippen MR) is 146 cm³/mol. The molecular formula is C31H30N2O5. The number of aromatic amines is 1. The summed E-state index contributed by atoms with van der Waals surface area (Å²) < 4.78 is 10.7. The Hall–Kier alpha value is -4.52. The summed E-state index contributed by atoms with van der Waals surface area (Å²) >= 11 is 0. The Bertz CT molecular complexity index is 1530. The second-order valence-corrected chi connectivity index (χ2v) is 9.30. The Morgan fingerprint density at radius 3 is 2.42 bits per heavy atom. The second kappa shape index (κ2) is 10.5. The van der Waals surface area contributed by atoms with Gasteiger partial charge in [-0.25, -0.2) is 0 Å². The van der Waals surface area contributed by atoms with E-state index in [9.17, 15) is 14.7 Å². The average Bonchev–Trinajstić information content (AvgIpc) is 3.48. The first-order valence-corrected chi connectivity index (χ1v) is 12.6. The van der Waals surface area contributed by atoms with Crippen LogP contribution in [0.15, 0.2) is 78.5 Å². The summed E-state index contributed by atoms with van der Waals surface area (Å²) in [6.07, 6.45) is 3.30. The number of H-pyrrole nitrogens is 1.